The summed E-state index contributed by atoms with van der Waals surface area (Å²) in [4.78, 5) is 2.53. The molecule has 0 radical (unpaired) electrons. The van der Waals surface area contributed by atoms with Crippen LogP contribution >= 0.6 is 0 Å². The summed E-state index contributed by atoms with van der Waals surface area (Å²) in [6.45, 7) is 7.31. The highest BCUT2D eigenvalue weighted by Crippen LogP contribution is 2.30. The van der Waals surface area contributed by atoms with Gasteiger partial charge in [0.1, 0.15) is 0 Å². The molecule has 2 fully saturated rings. The summed E-state index contributed by atoms with van der Waals surface area (Å²) in [7, 11) is 0. The van der Waals surface area contributed by atoms with Gasteiger partial charge in [0.05, 0.1) is 6.61 Å². The van der Waals surface area contributed by atoms with Crippen LogP contribution in [0.1, 0.15) is 39.0 Å². The zero-order chi connectivity index (χ0) is 11.4. The Morgan fingerprint density at radius 2 is 2.31 bits per heavy atom. The lowest BCUT2D eigenvalue weighted by Crippen LogP contribution is -2.52. The van der Waals surface area contributed by atoms with Gasteiger partial charge < -0.3 is 15.3 Å². The van der Waals surface area contributed by atoms with E-state index in [1.165, 1.54) is 45.3 Å². The van der Waals surface area contributed by atoms with Gasteiger partial charge in [-0.1, -0.05) is 13.3 Å². The second-order valence-corrected chi connectivity index (χ2v) is 5.57. The van der Waals surface area contributed by atoms with E-state index < -0.39 is 0 Å². The normalized spacial score (nSPS) is 36.8. The first kappa shape index (κ1) is 12.3. The third-order valence-electron chi connectivity index (χ3n) is 4.38. The van der Waals surface area contributed by atoms with Gasteiger partial charge in [-0.25, -0.2) is 0 Å². The summed E-state index contributed by atoms with van der Waals surface area (Å²) in [5.41, 5.74) is 0.0483. The molecule has 2 unspecified atom stereocenters. The molecule has 0 aliphatic carbocycles. The Morgan fingerprint density at radius 1 is 1.44 bits per heavy atom. The van der Waals surface area contributed by atoms with Gasteiger partial charge in [-0.3, -0.25) is 0 Å². The Kier molecular flexibility index (Phi) is 4.22. The molecule has 0 aromatic rings. The molecule has 2 aliphatic rings. The summed E-state index contributed by atoms with van der Waals surface area (Å²) < 4.78 is 0. The van der Waals surface area contributed by atoms with Crippen molar-refractivity contribution in [3.8, 4) is 0 Å². The number of aliphatic hydroxyl groups excluding tert-OH is 1. The Morgan fingerprint density at radius 3 is 2.88 bits per heavy atom. The number of nitrogens with zero attached hydrogens (tertiary/aromatic N) is 1. The van der Waals surface area contributed by atoms with E-state index in [1.807, 2.05) is 0 Å². The van der Waals surface area contributed by atoms with E-state index in [9.17, 15) is 5.11 Å². The van der Waals surface area contributed by atoms with E-state index in [-0.39, 0.29) is 5.54 Å². The van der Waals surface area contributed by atoms with Gasteiger partial charge in [-0.2, -0.15) is 0 Å². The molecule has 3 nitrogen and oxygen atoms in total. The van der Waals surface area contributed by atoms with Crippen molar-refractivity contribution >= 4 is 0 Å². The molecule has 0 aromatic heterocycles. The lowest BCUT2D eigenvalue weighted by molar-refractivity contribution is 0.107. The number of likely N-dealkylation sites (tertiary alicyclic amines) is 1. The minimum absolute atomic E-state index is 0.0483. The van der Waals surface area contributed by atoms with Crippen LogP contribution in [0.2, 0.25) is 0 Å². The van der Waals surface area contributed by atoms with Crippen LogP contribution in [-0.4, -0.2) is 48.3 Å². The minimum atomic E-state index is 0.0483. The van der Waals surface area contributed by atoms with Crippen molar-refractivity contribution in [3.05, 3.63) is 0 Å². The van der Waals surface area contributed by atoms with Crippen molar-refractivity contribution in [2.24, 2.45) is 5.92 Å². The fraction of sp³-hybridized carbons (Fsp3) is 1.00. The Hall–Kier alpha value is -0.120. The monoisotopic (exact) mass is 226 g/mol. The number of aliphatic hydroxyl groups is 1. The molecule has 94 valence electrons. The number of rotatable bonds is 4. The molecular formula is C13H26N2O. The first-order valence-corrected chi connectivity index (χ1v) is 6.86. The highest BCUT2D eigenvalue weighted by Gasteiger charge is 2.35. The number of hydrogen-bond acceptors (Lipinski definition) is 3. The SMILES string of the molecule is CCN1CCC(CC2(CO)CCCCN2)C1. The van der Waals surface area contributed by atoms with Crippen molar-refractivity contribution in [3.63, 3.8) is 0 Å². The van der Waals surface area contributed by atoms with Crippen molar-refractivity contribution < 1.29 is 5.11 Å². The largest absolute Gasteiger partial charge is 0.394 e. The first-order chi connectivity index (χ1) is 7.78. The van der Waals surface area contributed by atoms with Crippen molar-refractivity contribution in [1.82, 2.24) is 10.2 Å². The Labute approximate surface area is 99.2 Å². The topological polar surface area (TPSA) is 35.5 Å². The van der Waals surface area contributed by atoms with Crippen LogP contribution in [0, 0.1) is 5.92 Å². The summed E-state index contributed by atoms with van der Waals surface area (Å²) in [5, 5.41) is 13.2. The van der Waals surface area contributed by atoms with Gasteiger partial charge in [0.15, 0.2) is 0 Å². The Balaban J connectivity index is 1.86. The summed E-state index contributed by atoms with van der Waals surface area (Å²) in [6, 6.07) is 0. The van der Waals surface area contributed by atoms with E-state index in [0.717, 1.165) is 18.9 Å². The van der Waals surface area contributed by atoms with Gasteiger partial charge in [0.25, 0.3) is 0 Å². The zero-order valence-electron chi connectivity index (χ0n) is 10.5. The molecule has 0 spiro atoms. The zero-order valence-corrected chi connectivity index (χ0v) is 10.5. The molecule has 0 bridgehead atoms. The van der Waals surface area contributed by atoms with E-state index in [1.54, 1.807) is 0 Å². The average molecular weight is 226 g/mol. The van der Waals surface area contributed by atoms with Crippen LogP contribution in [0.3, 0.4) is 0 Å². The maximum absolute atomic E-state index is 9.65. The molecule has 16 heavy (non-hydrogen) atoms. The molecule has 0 aromatic carbocycles. The van der Waals surface area contributed by atoms with Crippen LogP contribution in [0.5, 0.6) is 0 Å². The predicted molar refractivity (Wildman–Crippen MR) is 66.5 cm³/mol. The third kappa shape index (κ3) is 2.76. The van der Waals surface area contributed by atoms with E-state index in [0.29, 0.717) is 6.61 Å². The van der Waals surface area contributed by atoms with Crippen molar-refractivity contribution in [1.29, 1.82) is 0 Å². The molecule has 0 amide bonds. The van der Waals surface area contributed by atoms with E-state index in [2.05, 4.69) is 17.1 Å². The molecular weight excluding hydrogens is 200 g/mol. The van der Waals surface area contributed by atoms with Gasteiger partial charge in [-0.15, -0.1) is 0 Å². The minimum Gasteiger partial charge on any atom is -0.394 e. The highest BCUT2D eigenvalue weighted by molar-refractivity contribution is 4.94. The second kappa shape index (κ2) is 5.48. The van der Waals surface area contributed by atoms with E-state index >= 15 is 0 Å². The molecule has 2 heterocycles. The van der Waals surface area contributed by atoms with Crippen LogP contribution in [-0.2, 0) is 0 Å². The molecule has 3 heteroatoms. The van der Waals surface area contributed by atoms with Crippen molar-refractivity contribution in [2.45, 2.75) is 44.6 Å². The number of hydrogen-bond donors (Lipinski definition) is 2. The van der Waals surface area contributed by atoms with Crippen LogP contribution in [0.4, 0.5) is 0 Å². The van der Waals surface area contributed by atoms with E-state index in [4.69, 9.17) is 0 Å². The maximum Gasteiger partial charge on any atom is 0.0613 e. The average Bonchev–Trinajstić information content (AvgIpc) is 2.78. The Bertz CT molecular complexity index is 214. The standard InChI is InChI=1S/C13H26N2O/c1-2-15-8-5-12(10-15)9-13(11-16)6-3-4-7-14-13/h12,14,16H,2-11H2,1H3. The lowest BCUT2D eigenvalue weighted by atomic mass is 9.81. The fourth-order valence-corrected chi connectivity index (χ4v) is 3.32. The molecule has 2 N–H and O–H groups in total. The fourth-order valence-electron chi connectivity index (χ4n) is 3.32. The second-order valence-electron chi connectivity index (χ2n) is 5.57. The maximum atomic E-state index is 9.65. The molecule has 0 saturated carbocycles. The molecule has 2 rings (SSSR count). The summed E-state index contributed by atoms with van der Waals surface area (Å²) in [5.74, 6) is 0.790. The number of nitrogens with one attached hydrogen (secondary N) is 1. The lowest BCUT2D eigenvalue weighted by Gasteiger charge is -2.38. The van der Waals surface area contributed by atoms with Gasteiger partial charge in [0, 0.05) is 12.1 Å². The van der Waals surface area contributed by atoms with Crippen LogP contribution < -0.4 is 5.32 Å². The van der Waals surface area contributed by atoms with Crippen LogP contribution in [0.25, 0.3) is 0 Å². The first-order valence-electron chi connectivity index (χ1n) is 6.86. The molecule has 2 atom stereocenters. The van der Waals surface area contributed by atoms with Gasteiger partial charge in [0.2, 0.25) is 0 Å². The molecule has 2 aliphatic heterocycles. The van der Waals surface area contributed by atoms with Crippen LogP contribution in [0.15, 0.2) is 0 Å². The van der Waals surface area contributed by atoms with Crippen molar-refractivity contribution in [2.75, 3.05) is 32.8 Å². The summed E-state index contributed by atoms with van der Waals surface area (Å²) >= 11 is 0. The predicted octanol–water partition coefficient (Wildman–Crippen LogP) is 1.22. The number of piperidine rings is 1. The van der Waals surface area contributed by atoms with Gasteiger partial charge in [-0.05, 0) is 51.2 Å². The quantitative estimate of drug-likeness (QED) is 0.756. The summed E-state index contributed by atoms with van der Waals surface area (Å²) in [6.07, 6.45) is 6.19. The third-order valence-corrected chi connectivity index (χ3v) is 4.38. The van der Waals surface area contributed by atoms with Gasteiger partial charge >= 0.3 is 0 Å². The smallest absolute Gasteiger partial charge is 0.0613 e. The highest BCUT2D eigenvalue weighted by atomic mass is 16.3. The molecule has 2 saturated heterocycles.